The molecule has 0 bridgehead atoms. The molecular formula is C16H16N2O3. The zero-order valence-electron chi connectivity index (χ0n) is 11.8. The summed E-state index contributed by atoms with van der Waals surface area (Å²) in [6, 6.07) is 13.3. The van der Waals surface area contributed by atoms with Crippen LogP contribution in [0.4, 0.5) is 11.4 Å². The fraction of sp³-hybridized carbons (Fsp3) is 0.250. The Balaban J connectivity index is 2.00. The Bertz CT molecular complexity index is 660. The van der Waals surface area contributed by atoms with Crippen LogP contribution in [0.1, 0.15) is 18.1 Å². The van der Waals surface area contributed by atoms with Gasteiger partial charge in [-0.15, -0.1) is 0 Å². The Labute approximate surface area is 122 Å². The van der Waals surface area contributed by atoms with Gasteiger partial charge in [0, 0.05) is 13.1 Å². The van der Waals surface area contributed by atoms with E-state index in [0.717, 1.165) is 0 Å². The summed E-state index contributed by atoms with van der Waals surface area (Å²) < 4.78 is 5.41. The Hall–Kier alpha value is -2.56. The summed E-state index contributed by atoms with van der Waals surface area (Å²) in [5, 5.41) is 11.4. The van der Waals surface area contributed by atoms with Gasteiger partial charge in [0.25, 0.3) is 0 Å². The van der Waals surface area contributed by atoms with Crippen LogP contribution in [-0.4, -0.2) is 11.5 Å². The van der Waals surface area contributed by atoms with Crippen molar-refractivity contribution in [2.45, 2.75) is 20.0 Å². The average Bonchev–Trinajstić information content (AvgIpc) is 2.91. The monoisotopic (exact) mass is 284 g/mol. The Morgan fingerprint density at radius 2 is 1.81 bits per heavy atom. The first kappa shape index (κ1) is 13.4. The number of fused-ring (bicyclic) bond motifs is 1. The molecule has 1 aliphatic rings. The quantitative estimate of drug-likeness (QED) is 0.636. The van der Waals surface area contributed by atoms with Crippen LogP contribution in [0.5, 0.6) is 5.75 Å². The molecule has 0 saturated carbocycles. The lowest BCUT2D eigenvalue weighted by molar-refractivity contribution is -0.385. The van der Waals surface area contributed by atoms with Crippen molar-refractivity contribution < 1.29 is 9.66 Å². The van der Waals surface area contributed by atoms with Crippen LogP contribution in [0.3, 0.4) is 0 Å². The van der Waals surface area contributed by atoms with Gasteiger partial charge in [-0.1, -0.05) is 30.3 Å². The van der Waals surface area contributed by atoms with Gasteiger partial charge in [0.15, 0.2) is 5.75 Å². The topological polar surface area (TPSA) is 55.6 Å². The first-order valence-corrected chi connectivity index (χ1v) is 6.92. The van der Waals surface area contributed by atoms with Crippen molar-refractivity contribution >= 4 is 11.4 Å². The Morgan fingerprint density at radius 1 is 1.14 bits per heavy atom. The number of hydrogen-bond acceptors (Lipinski definition) is 4. The molecule has 0 spiro atoms. The first-order valence-electron chi connectivity index (χ1n) is 6.92. The van der Waals surface area contributed by atoms with E-state index in [1.807, 2.05) is 24.0 Å². The number of rotatable bonds is 4. The van der Waals surface area contributed by atoms with Gasteiger partial charge in [-0.05, 0) is 30.2 Å². The SMILES string of the molecule is CCOc1cccc(N2Cc3ccccc3C2)c1[N+](=O)[O-]. The van der Waals surface area contributed by atoms with E-state index in [9.17, 15) is 10.1 Å². The average molecular weight is 284 g/mol. The normalized spacial score (nSPS) is 13.1. The summed E-state index contributed by atoms with van der Waals surface area (Å²) in [7, 11) is 0. The minimum absolute atomic E-state index is 0.0483. The highest BCUT2D eigenvalue weighted by Crippen LogP contribution is 2.40. The smallest absolute Gasteiger partial charge is 0.333 e. The van der Waals surface area contributed by atoms with Crippen LogP contribution in [0.25, 0.3) is 0 Å². The van der Waals surface area contributed by atoms with E-state index >= 15 is 0 Å². The molecule has 0 radical (unpaired) electrons. The second kappa shape index (κ2) is 5.44. The molecule has 2 aromatic rings. The van der Waals surface area contributed by atoms with E-state index in [4.69, 9.17) is 4.74 Å². The van der Waals surface area contributed by atoms with Gasteiger partial charge in [-0.2, -0.15) is 0 Å². The van der Waals surface area contributed by atoms with Crippen LogP contribution in [0, 0.1) is 10.1 Å². The molecule has 0 fully saturated rings. The molecule has 0 unspecified atom stereocenters. The molecule has 2 aromatic carbocycles. The third-order valence-electron chi connectivity index (χ3n) is 3.64. The molecule has 1 heterocycles. The van der Waals surface area contributed by atoms with Crippen LogP contribution >= 0.6 is 0 Å². The second-order valence-corrected chi connectivity index (χ2v) is 4.94. The molecule has 108 valence electrons. The molecule has 5 heteroatoms. The van der Waals surface area contributed by atoms with Gasteiger partial charge >= 0.3 is 5.69 Å². The number of nitro groups is 1. The molecule has 5 nitrogen and oxygen atoms in total. The fourth-order valence-electron chi connectivity index (χ4n) is 2.72. The number of hydrogen-bond donors (Lipinski definition) is 0. The lowest BCUT2D eigenvalue weighted by atomic mass is 10.1. The molecule has 0 saturated heterocycles. The molecule has 0 aromatic heterocycles. The van der Waals surface area contributed by atoms with E-state index in [0.29, 0.717) is 31.1 Å². The summed E-state index contributed by atoms with van der Waals surface area (Å²) in [4.78, 5) is 13.1. The first-order chi connectivity index (χ1) is 10.2. The minimum atomic E-state index is -0.358. The predicted octanol–water partition coefficient (Wildman–Crippen LogP) is 3.51. The largest absolute Gasteiger partial charge is 0.487 e. The molecule has 0 aliphatic carbocycles. The van der Waals surface area contributed by atoms with Gasteiger partial charge in [-0.25, -0.2) is 0 Å². The summed E-state index contributed by atoms with van der Waals surface area (Å²) in [6.45, 7) is 3.60. The lowest BCUT2D eigenvalue weighted by Crippen LogP contribution is -2.16. The number of nitro benzene ring substituents is 1. The molecule has 21 heavy (non-hydrogen) atoms. The van der Waals surface area contributed by atoms with Gasteiger partial charge in [0.05, 0.1) is 11.5 Å². The summed E-state index contributed by atoms with van der Waals surface area (Å²) in [5.41, 5.74) is 3.09. The number of benzene rings is 2. The van der Waals surface area contributed by atoms with Crippen LogP contribution < -0.4 is 9.64 Å². The third kappa shape index (κ3) is 2.42. The number of nitrogens with zero attached hydrogens (tertiary/aromatic N) is 2. The van der Waals surface area contributed by atoms with Crippen LogP contribution in [0.2, 0.25) is 0 Å². The molecule has 0 amide bonds. The van der Waals surface area contributed by atoms with Crippen molar-refractivity contribution in [3.63, 3.8) is 0 Å². The Morgan fingerprint density at radius 3 is 2.38 bits per heavy atom. The standard InChI is InChI=1S/C16H16N2O3/c1-2-21-15-9-5-8-14(16(15)18(19)20)17-10-12-6-3-4-7-13(12)11-17/h3-9H,2,10-11H2,1H3. The summed E-state index contributed by atoms with van der Waals surface area (Å²) >= 11 is 0. The lowest BCUT2D eigenvalue weighted by Gasteiger charge is -2.18. The zero-order valence-corrected chi connectivity index (χ0v) is 11.8. The second-order valence-electron chi connectivity index (χ2n) is 4.94. The zero-order chi connectivity index (χ0) is 14.8. The summed E-state index contributed by atoms with van der Waals surface area (Å²) in [5.74, 6) is 0.330. The third-order valence-corrected chi connectivity index (χ3v) is 3.64. The van der Waals surface area contributed by atoms with Crippen molar-refractivity contribution in [2.24, 2.45) is 0 Å². The maximum absolute atomic E-state index is 11.4. The maximum Gasteiger partial charge on any atom is 0.333 e. The van der Waals surface area contributed by atoms with Gasteiger partial charge in [0.1, 0.15) is 5.69 Å². The van der Waals surface area contributed by atoms with Crippen LogP contribution in [0.15, 0.2) is 42.5 Å². The van der Waals surface area contributed by atoms with E-state index in [2.05, 4.69) is 12.1 Å². The van der Waals surface area contributed by atoms with Gasteiger partial charge < -0.3 is 9.64 Å². The minimum Gasteiger partial charge on any atom is -0.487 e. The van der Waals surface area contributed by atoms with Gasteiger partial charge in [-0.3, -0.25) is 10.1 Å². The number of ether oxygens (including phenoxy) is 1. The van der Waals surface area contributed by atoms with Crippen molar-refractivity contribution in [2.75, 3.05) is 11.5 Å². The molecular weight excluding hydrogens is 268 g/mol. The fourth-order valence-corrected chi connectivity index (χ4v) is 2.72. The molecule has 1 aliphatic heterocycles. The molecule has 3 rings (SSSR count). The highest BCUT2D eigenvalue weighted by atomic mass is 16.6. The maximum atomic E-state index is 11.4. The van der Waals surface area contributed by atoms with E-state index in [-0.39, 0.29) is 10.6 Å². The van der Waals surface area contributed by atoms with Gasteiger partial charge in [0.2, 0.25) is 0 Å². The van der Waals surface area contributed by atoms with E-state index in [1.165, 1.54) is 11.1 Å². The van der Waals surface area contributed by atoms with Crippen molar-refractivity contribution in [3.8, 4) is 5.75 Å². The highest BCUT2D eigenvalue weighted by Gasteiger charge is 2.28. The highest BCUT2D eigenvalue weighted by molar-refractivity contribution is 5.71. The van der Waals surface area contributed by atoms with Crippen LogP contribution in [-0.2, 0) is 13.1 Å². The number of para-hydroxylation sites is 1. The molecule has 0 N–H and O–H groups in total. The van der Waals surface area contributed by atoms with E-state index < -0.39 is 0 Å². The summed E-state index contributed by atoms with van der Waals surface area (Å²) in [6.07, 6.45) is 0. The Kier molecular flexibility index (Phi) is 3.48. The van der Waals surface area contributed by atoms with Crippen molar-refractivity contribution in [3.05, 3.63) is 63.7 Å². The van der Waals surface area contributed by atoms with Crippen molar-refractivity contribution in [1.29, 1.82) is 0 Å². The predicted molar refractivity (Wildman–Crippen MR) is 80.6 cm³/mol. The number of anilines is 1. The molecule has 0 atom stereocenters. The van der Waals surface area contributed by atoms with E-state index in [1.54, 1.807) is 18.2 Å². The van der Waals surface area contributed by atoms with Crippen molar-refractivity contribution in [1.82, 2.24) is 0 Å².